The number of aromatic nitrogens is 5. The number of nitrogens with zero attached hydrogens (tertiary/aromatic N) is 5. The first-order chi connectivity index (χ1) is 15.7. The first-order valence-corrected chi connectivity index (χ1v) is 10.6. The van der Waals surface area contributed by atoms with E-state index in [-0.39, 0.29) is 5.83 Å². The Morgan fingerprint density at radius 2 is 1.88 bits per heavy atom. The van der Waals surface area contributed by atoms with Crippen LogP contribution in [0.4, 0.5) is 4.39 Å². The van der Waals surface area contributed by atoms with Crippen LogP contribution in [0.15, 0.2) is 90.6 Å². The molecule has 5 nitrogen and oxygen atoms in total. The Kier molecular flexibility index (Phi) is 5.42. The molecule has 4 aromatic rings. The molecule has 1 aliphatic rings. The van der Waals surface area contributed by atoms with Gasteiger partial charge in [-0.1, -0.05) is 35.9 Å². The van der Waals surface area contributed by atoms with Crippen molar-refractivity contribution < 1.29 is 4.39 Å². The second kappa shape index (κ2) is 8.67. The van der Waals surface area contributed by atoms with Crippen molar-refractivity contribution in [3.05, 3.63) is 102 Å². The minimum absolute atomic E-state index is 0.118. The van der Waals surface area contributed by atoms with Gasteiger partial charge in [0.25, 0.3) is 0 Å². The number of hydrogen-bond donors (Lipinski definition) is 0. The highest BCUT2D eigenvalue weighted by Crippen LogP contribution is 2.27. The van der Waals surface area contributed by atoms with E-state index in [0.717, 1.165) is 57.9 Å². The standard InChI is InChI=1S/C26H22FN5/c1-18-4-2-7-26(30-18)32-25(20-10-13-23-24(16-20)29-15-14-28-23)17-22(31-32)12-9-19-5-3-6-21(27)11-8-19/h2-8,10,13-17H,9,11-12H2,1H3. The molecular weight excluding hydrogens is 401 g/mol. The SMILES string of the molecule is Cc1cccc(-n2nc(CCC3=CCC(F)=CC=C3)cc2-c2ccc3nccnc3c2)n1. The quantitative estimate of drug-likeness (QED) is 0.404. The molecule has 1 aromatic carbocycles. The van der Waals surface area contributed by atoms with Crippen molar-refractivity contribution >= 4 is 11.0 Å². The van der Waals surface area contributed by atoms with Gasteiger partial charge in [-0.15, -0.1) is 0 Å². The summed E-state index contributed by atoms with van der Waals surface area (Å²) in [7, 11) is 0. The molecule has 1 aliphatic carbocycles. The van der Waals surface area contributed by atoms with Gasteiger partial charge in [0, 0.05) is 30.1 Å². The molecule has 0 radical (unpaired) electrons. The first-order valence-electron chi connectivity index (χ1n) is 10.6. The van der Waals surface area contributed by atoms with Crippen LogP contribution in [0, 0.1) is 6.92 Å². The highest BCUT2D eigenvalue weighted by atomic mass is 19.1. The maximum absolute atomic E-state index is 13.5. The van der Waals surface area contributed by atoms with Crippen LogP contribution in [0.5, 0.6) is 0 Å². The van der Waals surface area contributed by atoms with Crippen LogP contribution in [0.3, 0.4) is 0 Å². The molecule has 0 saturated carbocycles. The minimum Gasteiger partial charge on any atom is -0.253 e. The normalized spacial score (nSPS) is 13.7. The van der Waals surface area contributed by atoms with E-state index in [4.69, 9.17) is 5.10 Å². The molecule has 3 aromatic heterocycles. The van der Waals surface area contributed by atoms with E-state index in [2.05, 4.69) is 21.0 Å². The fourth-order valence-corrected chi connectivity index (χ4v) is 3.80. The summed E-state index contributed by atoms with van der Waals surface area (Å²) in [5.41, 5.74) is 6.62. The maximum Gasteiger partial charge on any atom is 0.154 e. The van der Waals surface area contributed by atoms with Gasteiger partial charge in [-0.05, 0) is 56.2 Å². The van der Waals surface area contributed by atoms with Crippen LogP contribution in [0.2, 0.25) is 0 Å². The molecule has 0 atom stereocenters. The zero-order valence-electron chi connectivity index (χ0n) is 17.7. The van der Waals surface area contributed by atoms with E-state index in [1.807, 2.05) is 60.2 Å². The summed E-state index contributed by atoms with van der Waals surface area (Å²) in [6.07, 6.45) is 12.5. The molecule has 0 unspecified atom stereocenters. The van der Waals surface area contributed by atoms with Gasteiger partial charge in [-0.3, -0.25) is 9.97 Å². The number of benzene rings is 1. The number of rotatable bonds is 5. The third-order valence-electron chi connectivity index (χ3n) is 5.43. The predicted molar refractivity (Wildman–Crippen MR) is 124 cm³/mol. The summed E-state index contributed by atoms with van der Waals surface area (Å²) in [6.45, 7) is 1.97. The lowest BCUT2D eigenvalue weighted by Gasteiger charge is -2.08. The predicted octanol–water partition coefficient (Wildman–Crippen LogP) is 5.86. The minimum atomic E-state index is -0.118. The Hall–Kier alpha value is -3.93. The van der Waals surface area contributed by atoms with Gasteiger partial charge in [0.1, 0.15) is 5.83 Å². The van der Waals surface area contributed by atoms with Gasteiger partial charge < -0.3 is 0 Å². The summed E-state index contributed by atoms with van der Waals surface area (Å²) >= 11 is 0. The molecule has 32 heavy (non-hydrogen) atoms. The van der Waals surface area contributed by atoms with Crippen molar-refractivity contribution in [3.63, 3.8) is 0 Å². The molecule has 0 N–H and O–H groups in total. The van der Waals surface area contributed by atoms with Gasteiger partial charge in [0.15, 0.2) is 5.82 Å². The second-order valence-electron chi connectivity index (χ2n) is 7.79. The smallest absolute Gasteiger partial charge is 0.154 e. The average Bonchev–Trinajstić information content (AvgIpc) is 3.13. The van der Waals surface area contributed by atoms with E-state index < -0.39 is 0 Å². The zero-order chi connectivity index (χ0) is 21.9. The van der Waals surface area contributed by atoms with Gasteiger partial charge in [-0.2, -0.15) is 5.10 Å². The van der Waals surface area contributed by atoms with Gasteiger partial charge in [-0.25, -0.2) is 14.1 Å². The van der Waals surface area contributed by atoms with Crippen LogP contribution in [-0.2, 0) is 6.42 Å². The van der Waals surface area contributed by atoms with E-state index in [0.29, 0.717) is 6.42 Å². The zero-order valence-corrected chi connectivity index (χ0v) is 17.7. The molecule has 6 heteroatoms. The number of fused-ring (bicyclic) bond motifs is 1. The molecule has 0 saturated heterocycles. The summed E-state index contributed by atoms with van der Waals surface area (Å²) in [5, 5.41) is 4.88. The maximum atomic E-state index is 13.5. The number of aryl methyl sites for hydroxylation is 2. The van der Waals surface area contributed by atoms with Gasteiger partial charge in [0.2, 0.25) is 0 Å². The first kappa shape index (κ1) is 20.0. The number of allylic oxidation sites excluding steroid dienone is 6. The molecule has 0 bridgehead atoms. The van der Waals surface area contributed by atoms with Crippen LogP contribution >= 0.6 is 0 Å². The van der Waals surface area contributed by atoms with Crippen molar-refractivity contribution in [1.29, 1.82) is 0 Å². The molecule has 0 aliphatic heterocycles. The molecule has 158 valence electrons. The Morgan fingerprint density at radius 1 is 1.00 bits per heavy atom. The Labute approximate surface area is 185 Å². The highest BCUT2D eigenvalue weighted by Gasteiger charge is 2.14. The Bertz CT molecular complexity index is 1380. The number of hydrogen-bond acceptors (Lipinski definition) is 4. The molecule has 3 heterocycles. The van der Waals surface area contributed by atoms with Crippen LogP contribution < -0.4 is 0 Å². The van der Waals surface area contributed by atoms with Crippen molar-refractivity contribution in [2.45, 2.75) is 26.2 Å². The Morgan fingerprint density at radius 3 is 2.75 bits per heavy atom. The summed E-state index contributed by atoms with van der Waals surface area (Å²) in [5.74, 6) is 0.651. The number of pyridine rings is 1. The third kappa shape index (κ3) is 4.25. The number of halogens is 1. The molecular formula is C26H22FN5. The van der Waals surface area contributed by atoms with Crippen molar-refractivity contribution in [2.24, 2.45) is 0 Å². The lowest BCUT2D eigenvalue weighted by Crippen LogP contribution is -2.03. The van der Waals surface area contributed by atoms with E-state index in [1.54, 1.807) is 18.5 Å². The molecule has 0 fully saturated rings. The van der Waals surface area contributed by atoms with Crippen molar-refractivity contribution in [1.82, 2.24) is 24.7 Å². The molecule has 0 spiro atoms. The van der Waals surface area contributed by atoms with Crippen LogP contribution in [0.1, 0.15) is 24.2 Å². The van der Waals surface area contributed by atoms with Crippen LogP contribution in [-0.4, -0.2) is 24.7 Å². The van der Waals surface area contributed by atoms with Crippen molar-refractivity contribution in [2.75, 3.05) is 0 Å². The van der Waals surface area contributed by atoms with Gasteiger partial charge >= 0.3 is 0 Å². The molecule has 5 rings (SSSR count). The summed E-state index contributed by atoms with van der Waals surface area (Å²) < 4.78 is 15.4. The molecule has 0 amide bonds. The van der Waals surface area contributed by atoms with Gasteiger partial charge in [0.05, 0.1) is 22.4 Å². The van der Waals surface area contributed by atoms with E-state index in [9.17, 15) is 4.39 Å². The van der Waals surface area contributed by atoms with Crippen LogP contribution in [0.25, 0.3) is 28.1 Å². The Balaban J connectivity index is 1.52. The summed E-state index contributed by atoms with van der Waals surface area (Å²) in [6, 6.07) is 14.0. The van der Waals surface area contributed by atoms with E-state index >= 15 is 0 Å². The monoisotopic (exact) mass is 423 g/mol. The largest absolute Gasteiger partial charge is 0.253 e. The topological polar surface area (TPSA) is 56.5 Å². The highest BCUT2D eigenvalue weighted by molar-refractivity contribution is 5.80. The second-order valence-corrected chi connectivity index (χ2v) is 7.79. The fraction of sp³-hybridized carbons (Fsp3) is 0.154. The average molecular weight is 423 g/mol. The summed E-state index contributed by atoms with van der Waals surface area (Å²) in [4.78, 5) is 13.5. The lowest BCUT2D eigenvalue weighted by atomic mass is 10.1. The van der Waals surface area contributed by atoms with E-state index in [1.165, 1.54) is 6.08 Å². The van der Waals surface area contributed by atoms with Crippen molar-refractivity contribution in [3.8, 4) is 17.1 Å². The lowest BCUT2D eigenvalue weighted by molar-refractivity contribution is 0.618. The fourth-order valence-electron chi connectivity index (χ4n) is 3.80. The third-order valence-corrected chi connectivity index (χ3v) is 5.43.